The van der Waals surface area contributed by atoms with Crippen LogP contribution in [0.4, 0.5) is 0 Å². The SMILES string of the molecule is CC1(C)c2cc(-c3c4ccccc4c(-c4ccc(-c5ccccc5)c5ccccc45)c4ccccc34)ccc2-c2c1ccc1oc3c4ccccc4ccc3c21. The van der Waals surface area contributed by atoms with Crippen molar-refractivity contribution in [1.29, 1.82) is 0 Å². The fourth-order valence-corrected chi connectivity index (χ4v) is 10.1. The molecule has 0 N–H and O–H groups in total. The lowest BCUT2D eigenvalue weighted by Gasteiger charge is -2.23. The predicted molar refractivity (Wildman–Crippen MR) is 238 cm³/mol. The van der Waals surface area contributed by atoms with Gasteiger partial charge in [0.25, 0.3) is 0 Å². The molecule has 0 atom stereocenters. The summed E-state index contributed by atoms with van der Waals surface area (Å²) in [5, 5.41) is 12.3. The minimum Gasteiger partial charge on any atom is -0.455 e. The summed E-state index contributed by atoms with van der Waals surface area (Å²) in [5.74, 6) is 0. The molecular weight excluding hydrogens is 677 g/mol. The van der Waals surface area contributed by atoms with Crippen LogP contribution in [0.5, 0.6) is 0 Å². The Morgan fingerprint density at radius 1 is 0.357 bits per heavy atom. The fourth-order valence-electron chi connectivity index (χ4n) is 10.1. The Morgan fingerprint density at radius 3 is 1.64 bits per heavy atom. The van der Waals surface area contributed by atoms with Gasteiger partial charge in [-0.15, -0.1) is 0 Å². The zero-order valence-corrected chi connectivity index (χ0v) is 31.2. The summed E-state index contributed by atoms with van der Waals surface area (Å²) in [4.78, 5) is 0. The molecule has 56 heavy (non-hydrogen) atoms. The lowest BCUT2D eigenvalue weighted by Crippen LogP contribution is -2.15. The van der Waals surface area contributed by atoms with Crippen LogP contribution in [0.25, 0.3) is 110 Å². The molecule has 0 aliphatic heterocycles. The van der Waals surface area contributed by atoms with Crippen LogP contribution in [0.3, 0.4) is 0 Å². The van der Waals surface area contributed by atoms with Gasteiger partial charge in [-0.05, 0) is 112 Å². The topological polar surface area (TPSA) is 13.1 Å². The second-order valence-corrected chi connectivity index (χ2v) is 15.9. The first-order valence-electron chi connectivity index (χ1n) is 19.6. The molecule has 1 heteroatoms. The summed E-state index contributed by atoms with van der Waals surface area (Å²) in [7, 11) is 0. The van der Waals surface area contributed by atoms with Crippen LogP contribution in [0, 0.1) is 0 Å². The average molecular weight is 713 g/mol. The Morgan fingerprint density at radius 2 is 0.929 bits per heavy atom. The van der Waals surface area contributed by atoms with Gasteiger partial charge in [0.2, 0.25) is 0 Å². The molecule has 0 amide bonds. The van der Waals surface area contributed by atoms with Crippen LogP contribution in [0.1, 0.15) is 25.0 Å². The van der Waals surface area contributed by atoms with E-state index in [1.54, 1.807) is 0 Å². The largest absolute Gasteiger partial charge is 0.455 e. The van der Waals surface area contributed by atoms with Crippen LogP contribution < -0.4 is 0 Å². The van der Waals surface area contributed by atoms with Gasteiger partial charge in [0, 0.05) is 21.6 Å². The highest BCUT2D eigenvalue weighted by Gasteiger charge is 2.38. The number of benzene rings is 10. The Bertz CT molecular complexity index is 3380. The number of hydrogen-bond donors (Lipinski definition) is 0. The Hall–Kier alpha value is -6.96. The molecule has 0 fully saturated rings. The third-order valence-electron chi connectivity index (χ3n) is 12.7. The summed E-state index contributed by atoms with van der Waals surface area (Å²) < 4.78 is 6.67. The lowest BCUT2D eigenvalue weighted by atomic mass is 9.80. The van der Waals surface area contributed by atoms with Crippen LogP contribution in [0.2, 0.25) is 0 Å². The second kappa shape index (κ2) is 11.5. The molecule has 0 saturated heterocycles. The molecule has 0 unspecified atom stereocenters. The fraction of sp³-hybridized carbons (Fsp3) is 0.0545. The van der Waals surface area contributed by atoms with E-state index in [9.17, 15) is 0 Å². The molecule has 1 aliphatic carbocycles. The molecule has 10 aromatic carbocycles. The van der Waals surface area contributed by atoms with Crippen molar-refractivity contribution in [3.8, 4) is 44.5 Å². The van der Waals surface area contributed by atoms with E-state index in [1.165, 1.54) is 104 Å². The molecule has 0 saturated carbocycles. The van der Waals surface area contributed by atoms with Gasteiger partial charge in [0.15, 0.2) is 0 Å². The molecule has 1 aromatic heterocycles. The summed E-state index contributed by atoms with van der Waals surface area (Å²) in [6.07, 6.45) is 0. The highest BCUT2D eigenvalue weighted by atomic mass is 16.3. The van der Waals surface area contributed by atoms with Crippen molar-refractivity contribution in [3.63, 3.8) is 0 Å². The Labute approximate surface area is 325 Å². The van der Waals surface area contributed by atoms with E-state index in [1.807, 2.05) is 0 Å². The maximum absolute atomic E-state index is 6.67. The highest BCUT2D eigenvalue weighted by molar-refractivity contribution is 6.25. The van der Waals surface area contributed by atoms with Crippen molar-refractivity contribution >= 4 is 65.0 Å². The van der Waals surface area contributed by atoms with Gasteiger partial charge in [-0.3, -0.25) is 0 Å². The zero-order chi connectivity index (χ0) is 37.1. The normalized spacial score (nSPS) is 13.3. The Kier molecular flexibility index (Phi) is 6.46. The predicted octanol–water partition coefficient (Wildman–Crippen LogP) is 15.5. The lowest BCUT2D eigenvalue weighted by molar-refractivity contribution is 0.657. The van der Waals surface area contributed by atoms with Gasteiger partial charge in [-0.1, -0.05) is 178 Å². The minimum absolute atomic E-state index is 0.194. The highest BCUT2D eigenvalue weighted by Crippen LogP contribution is 2.55. The number of hydrogen-bond acceptors (Lipinski definition) is 1. The van der Waals surface area contributed by atoms with Gasteiger partial charge < -0.3 is 4.42 Å². The number of furan rings is 1. The summed E-state index contributed by atoms with van der Waals surface area (Å²) in [6.45, 7) is 4.77. The summed E-state index contributed by atoms with van der Waals surface area (Å²) in [6, 6.07) is 67.1. The van der Waals surface area contributed by atoms with Crippen LogP contribution in [-0.2, 0) is 5.41 Å². The van der Waals surface area contributed by atoms with Crippen molar-refractivity contribution in [1.82, 2.24) is 0 Å². The standard InChI is InChI=1S/C55H36O/c1-55(2)47-30-31-49-53(46-27-24-34-16-6-7-17-37(34)54(46)56-49)52(47)45-26-25-35(32-48(45)55)50-40-20-10-12-22-42(40)51(43-23-13-11-21-41(43)50)44-29-28-36(33-14-4-3-5-15-33)38-18-8-9-19-39(38)44/h3-32H,1-2H3. The van der Waals surface area contributed by atoms with Gasteiger partial charge in [0.05, 0.1) is 0 Å². The van der Waals surface area contributed by atoms with E-state index in [-0.39, 0.29) is 5.41 Å². The van der Waals surface area contributed by atoms with Gasteiger partial charge in [0.1, 0.15) is 11.2 Å². The van der Waals surface area contributed by atoms with Crippen LogP contribution >= 0.6 is 0 Å². The molecule has 1 nitrogen and oxygen atoms in total. The van der Waals surface area contributed by atoms with Gasteiger partial charge >= 0.3 is 0 Å². The van der Waals surface area contributed by atoms with E-state index >= 15 is 0 Å². The van der Waals surface area contributed by atoms with Crippen molar-refractivity contribution in [2.45, 2.75) is 19.3 Å². The van der Waals surface area contributed by atoms with E-state index < -0.39 is 0 Å². The van der Waals surface area contributed by atoms with E-state index in [4.69, 9.17) is 4.42 Å². The zero-order valence-electron chi connectivity index (χ0n) is 31.2. The van der Waals surface area contributed by atoms with E-state index in [2.05, 4.69) is 196 Å². The molecule has 1 heterocycles. The van der Waals surface area contributed by atoms with Crippen molar-refractivity contribution in [2.75, 3.05) is 0 Å². The van der Waals surface area contributed by atoms with Crippen molar-refractivity contribution in [2.24, 2.45) is 0 Å². The van der Waals surface area contributed by atoms with Crippen LogP contribution in [0.15, 0.2) is 186 Å². The van der Waals surface area contributed by atoms with Gasteiger partial charge in [-0.25, -0.2) is 0 Å². The Balaban J connectivity index is 1.10. The molecule has 262 valence electrons. The number of fused-ring (bicyclic) bond motifs is 12. The first kappa shape index (κ1) is 31.4. The molecule has 1 aliphatic rings. The van der Waals surface area contributed by atoms with E-state index in [0.717, 1.165) is 16.6 Å². The molecule has 11 aromatic rings. The maximum Gasteiger partial charge on any atom is 0.143 e. The number of rotatable bonds is 3. The second-order valence-electron chi connectivity index (χ2n) is 15.9. The van der Waals surface area contributed by atoms with Crippen molar-refractivity contribution < 1.29 is 4.42 Å². The summed E-state index contributed by atoms with van der Waals surface area (Å²) in [5.41, 5.74) is 14.6. The van der Waals surface area contributed by atoms with Gasteiger partial charge in [-0.2, -0.15) is 0 Å². The third-order valence-corrected chi connectivity index (χ3v) is 12.7. The molecule has 12 rings (SSSR count). The van der Waals surface area contributed by atoms with Crippen LogP contribution in [-0.4, -0.2) is 0 Å². The molecular formula is C55H36O. The quantitative estimate of drug-likeness (QED) is 0.166. The molecule has 0 spiro atoms. The van der Waals surface area contributed by atoms with E-state index in [0.29, 0.717) is 0 Å². The maximum atomic E-state index is 6.67. The first-order chi connectivity index (χ1) is 27.6. The first-order valence-corrected chi connectivity index (χ1v) is 19.6. The molecule has 0 bridgehead atoms. The molecule has 0 radical (unpaired) electrons. The minimum atomic E-state index is -0.194. The average Bonchev–Trinajstić information content (AvgIpc) is 3.74. The smallest absolute Gasteiger partial charge is 0.143 e. The third kappa shape index (κ3) is 4.26. The van der Waals surface area contributed by atoms with Crippen molar-refractivity contribution in [3.05, 3.63) is 193 Å². The summed E-state index contributed by atoms with van der Waals surface area (Å²) >= 11 is 0. The monoisotopic (exact) mass is 712 g/mol.